The SMILES string of the molecule is Cc1ncccc1OC[C@@H]1CCCN1C.Cl.Cl. The van der Waals surface area contributed by atoms with Gasteiger partial charge in [-0.05, 0) is 45.5 Å². The van der Waals surface area contributed by atoms with Crippen LogP contribution in [0.1, 0.15) is 18.5 Å². The number of rotatable bonds is 3. The number of ether oxygens (including phenoxy) is 1. The summed E-state index contributed by atoms with van der Waals surface area (Å²) in [5.74, 6) is 0.915. The molecule has 1 aliphatic heterocycles. The van der Waals surface area contributed by atoms with Crippen molar-refractivity contribution in [1.29, 1.82) is 0 Å². The molecule has 2 heterocycles. The van der Waals surface area contributed by atoms with Gasteiger partial charge in [0.05, 0.1) is 5.69 Å². The molecule has 1 aromatic rings. The van der Waals surface area contributed by atoms with Crippen molar-refractivity contribution in [2.45, 2.75) is 25.8 Å². The average Bonchev–Trinajstić information content (AvgIpc) is 2.63. The topological polar surface area (TPSA) is 25.4 Å². The Kier molecular flexibility index (Phi) is 7.51. The number of hydrogen-bond acceptors (Lipinski definition) is 3. The van der Waals surface area contributed by atoms with Gasteiger partial charge in [-0.25, -0.2) is 0 Å². The van der Waals surface area contributed by atoms with Gasteiger partial charge in [0.15, 0.2) is 0 Å². The van der Waals surface area contributed by atoms with E-state index >= 15 is 0 Å². The molecule has 1 aromatic heterocycles. The fourth-order valence-electron chi connectivity index (χ4n) is 2.00. The van der Waals surface area contributed by atoms with Gasteiger partial charge >= 0.3 is 0 Å². The van der Waals surface area contributed by atoms with Crippen LogP contribution in [-0.4, -0.2) is 36.1 Å². The Morgan fingerprint density at radius 2 is 2.24 bits per heavy atom. The smallest absolute Gasteiger partial charge is 0.140 e. The average molecular weight is 279 g/mol. The maximum atomic E-state index is 5.79. The summed E-state index contributed by atoms with van der Waals surface area (Å²) >= 11 is 0. The fourth-order valence-corrected chi connectivity index (χ4v) is 2.00. The van der Waals surface area contributed by atoms with Crippen LogP contribution in [0.15, 0.2) is 18.3 Å². The van der Waals surface area contributed by atoms with Gasteiger partial charge < -0.3 is 9.64 Å². The molecule has 98 valence electrons. The van der Waals surface area contributed by atoms with Crippen LogP contribution in [0.4, 0.5) is 0 Å². The van der Waals surface area contributed by atoms with Crippen molar-refractivity contribution < 1.29 is 4.74 Å². The lowest BCUT2D eigenvalue weighted by Crippen LogP contribution is -2.30. The highest BCUT2D eigenvalue weighted by atomic mass is 35.5. The first kappa shape index (κ1) is 16.5. The Bertz CT molecular complexity index is 336. The standard InChI is InChI=1S/C12H18N2O.2ClH/c1-10-12(6-3-7-13-10)15-9-11-5-4-8-14(11)2;;/h3,6-7,11H,4-5,8-9H2,1-2H3;2*1H/t11-;;/m0../s1. The lowest BCUT2D eigenvalue weighted by atomic mass is 10.2. The molecule has 5 heteroatoms. The predicted molar refractivity (Wildman–Crippen MR) is 74.6 cm³/mol. The second kappa shape index (κ2) is 7.75. The second-order valence-corrected chi connectivity index (χ2v) is 4.17. The van der Waals surface area contributed by atoms with Gasteiger partial charge in [0, 0.05) is 12.2 Å². The van der Waals surface area contributed by atoms with Crippen LogP contribution in [-0.2, 0) is 0 Å². The lowest BCUT2D eigenvalue weighted by molar-refractivity contribution is 0.197. The van der Waals surface area contributed by atoms with Crippen molar-refractivity contribution in [3.63, 3.8) is 0 Å². The molecular weight excluding hydrogens is 259 g/mol. The maximum absolute atomic E-state index is 5.79. The molecule has 0 aliphatic carbocycles. The molecule has 1 saturated heterocycles. The van der Waals surface area contributed by atoms with E-state index in [9.17, 15) is 0 Å². The normalized spacial score (nSPS) is 19.3. The molecule has 0 N–H and O–H groups in total. The zero-order chi connectivity index (χ0) is 10.7. The largest absolute Gasteiger partial charge is 0.490 e. The van der Waals surface area contributed by atoms with Crippen LogP contribution in [0.3, 0.4) is 0 Å². The lowest BCUT2D eigenvalue weighted by Gasteiger charge is -2.19. The number of hydrogen-bond donors (Lipinski definition) is 0. The zero-order valence-electron chi connectivity index (χ0n) is 10.3. The first-order valence-electron chi connectivity index (χ1n) is 5.52. The van der Waals surface area contributed by atoms with Crippen LogP contribution < -0.4 is 4.74 Å². The van der Waals surface area contributed by atoms with Gasteiger partial charge in [-0.2, -0.15) is 0 Å². The number of likely N-dealkylation sites (tertiary alicyclic amines) is 1. The third-order valence-corrected chi connectivity index (χ3v) is 3.06. The predicted octanol–water partition coefficient (Wildman–Crippen LogP) is 2.71. The molecule has 1 fully saturated rings. The second-order valence-electron chi connectivity index (χ2n) is 4.17. The molecule has 0 unspecified atom stereocenters. The van der Waals surface area contributed by atoms with E-state index in [4.69, 9.17) is 4.74 Å². The molecule has 0 radical (unpaired) electrons. The molecule has 17 heavy (non-hydrogen) atoms. The van der Waals surface area contributed by atoms with Crippen LogP contribution in [0.2, 0.25) is 0 Å². The molecule has 0 saturated carbocycles. The van der Waals surface area contributed by atoms with Crippen molar-refractivity contribution >= 4 is 24.8 Å². The Labute approximate surface area is 115 Å². The molecule has 0 amide bonds. The number of aromatic nitrogens is 1. The van der Waals surface area contributed by atoms with Crippen molar-refractivity contribution in [2.24, 2.45) is 0 Å². The quantitative estimate of drug-likeness (QED) is 0.850. The summed E-state index contributed by atoms with van der Waals surface area (Å²) in [6.07, 6.45) is 4.33. The summed E-state index contributed by atoms with van der Waals surface area (Å²) in [7, 11) is 2.16. The first-order valence-corrected chi connectivity index (χ1v) is 5.52. The third kappa shape index (κ3) is 4.34. The highest BCUT2D eigenvalue weighted by Gasteiger charge is 2.21. The van der Waals surface area contributed by atoms with E-state index in [0.29, 0.717) is 6.04 Å². The highest BCUT2D eigenvalue weighted by molar-refractivity contribution is 5.85. The number of halogens is 2. The summed E-state index contributed by atoms with van der Waals surface area (Å²) in [6, 6.07) is 4.47. The van der Waals surface area contributed by atoms with E-state index < -0.39 is 0 Å². The summed E-state index contributed by atoms with van der Waals surface area (Å²) in [6.45, 7) is 3.96. The summed E-state index contributed by atoms with van der Waals surface area (Å²) in [5, 5.41) is 0. The minimum atomic E-state index is 0. The van der Waals surface area contributed by atoms with Gasteiger partial charge in [0.1, 0.15) is 12.4 Å². The van der Waals surface area contributed by atoms with Crippen LogP contribution in [0.25, 0.3) is 0 Å². The molecule has 1 aliphatic rings. The molecule has 3 nitrogen and oxygen atoms in total. The summed E-state index contributed by atoms with van der Waals surface area (Å²) in [5.41, 5.74) is 0.971. The monoisotopic (exact) mass is 278 g/mol. The number of pyridine rings is 1. The number of nitrogens with zero attached hydrogens (tertiary/aromatic N) is 2. The maximum Gasteiger partial charge on any atom is 0.140 e. The Hall–Kier alpha value is -0.510. The summed E-state index contributed by atoms with van der Waals surface area (Å²) < 4.78 is 5.79. The van der Waals surface area contributed by atoms with Gasteiger partial charge in [0.2, 0.25) is 0 Å². The van der Waals surface area contributed by atoms with Gasteiger partial charge in [-0.3, -0.25) is 4.98 Å². The van der Waals surface area contributed by atoms with Gasteiger partial charge in [0.25, 0.3) is 0 Å². The molecule has 0 bridgehead atoms. The van der Waals surface area contributed by atoms with Crippen molar-refractivity contribution in [3.8, 4) is 5.75 Å². The zero-order valence-corrected chi connectivity index (χ0v) is 11.9. The fraction of sp³-hybridized carbons (Fsp3) is 0.583. The Balaban J connectivity index is 0.00000128. The van der Waals surface area contributed by atoms with Crippen LogP contribution in [0, 0.1) is 6.92 Å². The van der Waals surface area contributed by atoms with E-state index in [2.05, 4.69) is 16.9 Å². The molecule has 0 spiro atoms. The van der Waals surface area contributed by atoms with Gasteiger partial charge in [-0.1, -0.05) is 0 Å². The van der Waals surface area contributed by atoms with Gasteiger partial charge in [-0.15, -0.1) is 24.8 Å². The van der Waals surface area contributed by atoms with Crippen LogP contribution >= 0.6 is 24.8 Å². The first-order chi connectivity index (χ1) is 7.27. The molecule has 0 aromatic carbocycles. The Morgan fingerprint density at radius 3 is 2.82 bits per heavy atom. The van der Waals surface area contributed by atoms with Crippen LogP contribution in [0.5, 0.6) is 5.75 Å². The van der Waals surface area contributed by atoms with Crippen molar-refractivity contribution in [2.75, 3.05) is 20.2 Å². The molecule has 1 atom stereocenters. The molecule has 2 rings (SSSR count). The molecular formula is C12H20Cl2N2O. The minimum Gasteiger partial charge on any atom is -0.490 e. The van der Waals surface area contributed by atoms with E-state index in [-0.39, 0.29) is 24.8 Å². The highest BCUT2D eigenvalue weighted by Crippen LogP contribution is 2.18. The Morgan fingerprint density at radius 1 is 1.47 bits per heavy atom. The van der Waals surface area contributed by atoms with Crippen molar-refractivity contribution in [3.05, 3.63) is 24.0 Å². The minimum absolute atomic E-state index is 0. The van der Waals surface area contributed by atoms with E-state index in [1.165, 1.54) is 19.4 Å². The van der Waals surface area contributed by atoms with Crippen molar-refractivity contribution in [1.82, 2.24) is 9.88 Å². The number of likely N-dealkylation sites (N-methyl/N-ethyl adjacent to an activating group) is 1. The number of aryl methyl sites for hydroxylation is 1. The van der Waals surface area contributed by atoms with E-state index in [0.717, 1.165) is 18.1 Å². The third-order valence-electron chi connectivity index (χ3n) is 3.06. The summed E-state index contributed by atoms with van der Waals surface area (Å²) in [4.78, 5) is 6.57. The van der Waals surface area contributed by atoms with E-state index in [1.807, 2.05) is 19.1 Å². The van der Waals surface area contributed by atoms with E-state index in [1.54, 1.807) is 6.20 Å².